The summed E-state index contributed by atoms with van der Waals surface area (Å²) in [5.74, 6) is 0.792. The van der Waals surface area contributed by atoms with Crippen LogP contribution in [-0.2, 0) is 24.1 Å². The zero-order valence-electron chi connectivity index (χ0n) is 24.4. The number of benzene rings is 1. The Labute approximate surface area is 243 Å². The molecule has 4 heterocycles. The molecule has 0 bridgehead atoms. The number of para-hydroxylation sites is 1. The number of carbonyl (C=O) groups is 1. The van der Waals surface area contributed by atoms with Gasteiger partial charge in [-0.2, -0.15) is 15.2 Å². The standard InChI is InChI=1S/C32H41N7O2/c1-4-29(40)39-17-16-38(20-24(39)12-14-33)30-26-11-13-32(18-23-8-5-6-10-28(23)37(3)22-32)19-27(26)34-31(35-30)41-21-25-9-7-15-36(25)2/h4-6,8,10,24-25H,1,7,9,11-13,15-22H2,2-3H3. The van der Waals surface area contributed by atoms with Crippen molar-refractivity contribution in [1.29, 1.82) is 5.26 Å². The van der Waals surface area contributed by atoms with Crippen molar-refractivity contribution in [2.45, 2.75) is 57.0 Å². The van der Waals surface area contributed by atoms with E-state index in [0.29, 0.717) is 38.3 Å². The van der Waals surface area contributed by atoms with Gasteiger partial charge in [0.1, 0.15) is 12.4 Å². The molecule has 2 fully saturated rings. The van der Waals surface area contributed by atoms with Crippen molar-refractivity contribution >= 4 is 17.4 Å². The topological polar surface area (TPSA) is 88.8 Å². The molecular formula is C32H41N7O2. The Hall–Kier alpha value is -3.64. The highest BCUT2D eigenvalue weighted by Crippen LogP contribution is 2.46. The van der Waals surface area contributed by atoms with Crippen molar-refractivity contribution < 1.29 is 9.53 Å². The number of amides is 1. The minimum Gasteiger partial charge on any atom is -0.462 e. The zero-order chi connectivity index (χ0) is 28.6. The van der Waals surface area contributed by atoms with E-state index >= 15 is 0 Å². The lowest BCUT2D eigenvalue weighted by Gasteiger charge is -2.46. The second-order valence-electron chi connectivity index (χ2n) is 12.4. The number of aromatic nitrogens is 2. The van der Waals surface area contributed by atoms with E-state index in [0.717, 1.165) is 56.7 Å². The minimum absolute atomic E-state index is 0.114. The van der Waals surface area contributed by atoms with E-state index in [2.05, 4.69) is 65.7 Å². The van der Waals surface area contributed by atoms with Gasteiger partial charge in [-0.15, -0.1) is 0 Å². The van der Waals surface area contributed by atoms with E-state index < -0.39 is 0 Å². The number of ether oxygens (including phenoxy) is 1. The van der Waals surface area contributed by atoms with Crippen molar-refractivity contribution in [3.8, 4) is 12.1 Å². The first-order valence-corrected chi connectivity index (χ1v) is 15.0. The Balaban J connectivity index is 1.32. The fraction of sp³-hybridized carbons (Fsp3) is 0.562. The molecule has 2 saturated heterocycles. The Kier molecular flexibility index (Phi) is 7.60. The van der Waals surface area contributed by atoms with Crippen LogP contribution < -0.4 is 14.5 Å². The maximum Gasteiger partial charge on any atom is 0.318 e. The van der Waals surface area contributed by atoms with Gasteiger partial charge < -0.3 is 24.3 Å². The molecular weight excluding hydrogens is 514 g/mol. The van der Waals surface area contributed by atoms with Crippen LogP contribution in [0.2, 0.25) is 0 Å². The first-order valence-electron chi connectivity index (χ1n) is 15.0. The van der Waals surface area contributed by atoms with E-state index in [1.165, 1.54) is 29.3 Å². The number of likely N-dealkylation sites (N-methyl/N-ethyl adjacent to an activating group) is 1. The van der Waals surface area contributed by atoms with Gasteiger partial charge in [-0.05, 0) is 75.2 Å². The molecule has 1 aromatic heterocycles. The molecule has 3 unspecified atom stereocenters. The lowest BCUT2D eigenvalue weighted by Crippen LogP contribution is -2.55. The summed E-state index contributed by atoms with van der Waals surface area (Å²) in [5, 5.41) is 9.53. The molecule has 1 aromatic carbocycles. The average molecular weight is 556 g/mol. The molecule has 1 aliphatic carbocycles. The zero-order valence-corrected chi connectivity index (χ0v) is 24.4. The second kappa shape index (κ2) is 11.3. The second-order valence-corrected chi connectivity index (χ2v) is 12.4. The van der Waals surface area contributed by atoms with Gasteiger partial charge >= 0.3 is 6.01 Å². The number of anilines is 2. The summed E-state index contributed by atoms with van der Waals surface area (Å²) in [6.07, 6.45) is 7.83. The Morgan fingerprint density at radius 3 is 2.83 bits per heavy atom. The molecule has 0 saturated carbocycles. The Morgan fingerprint density at radius 1 is 1.20 bits per heavy atom. The molecule has 0 radical (unpaired) electrons. The molecule has 1 amide bonds. The van der Waals surface area contributed by atoms with Gasteiger partial charge in [0.2, 0.25) is 5.91 Å². The lowest BCUT2D eigenvalue weighted by atomic mass is 9.67. The molecule has 9 nitrogen and oxygen atoms in total. The van der Waals surface area contributed by atoms with Crippen LogP contribution in [0.5, 0.6) is 6.01 Å². The summed E-state index contributed by atoms with van der Waals surface area (Å²) in [4.78, 5) is 31.4. The lowest BCUT2D eigenvalue weighted by molar-refractivity contribution is -0.128. The minimum atomic E-state index is -0.209. The van der Waals surface area contributed by atoms with E-state index in [9.17, 15) is 10.1 Å². The predicted molar refractivity (Wildman–Crippen MR) is 159 cm³/mol. The van der Waals surface area contributed by atoms with Crippen LogP contribution in [0.1, 0.15) is 42.5 Å². The smallest absolute Gasteiger partial charge is 0.318 e. The number of nitrogens with zero attached hydrogens (tertiary/aromatic N) is 7. The molecule has 41 heavy (non-hydrogen) atoms. The van der Waals surface area contributed by atoms with Gasteiger partial charge in [0, 0.05) is 50.5 Å². The van der Waals surface area contributed by atoms with E-state index in [1.807, 2.05) is 0 Å². The third kappa shape index (κ3) is 5.38. The molecule has 9 heteroatoms. The highest BCUT2D eigenvalue weighted by atomic mass is 16.5. The summed E-state index contributed by atoms with van der Waals surface area (Å²) in [6.45, 7) is 8.07. The third-order valence-electron chi connectivity index (χ3n) is 9.68. The highest BCUT2D eigenvalue weighted by molar-refractivity contribution is 5.87. The third-order valence-corrected chi connectivity index (χ3v) is 9.68. The quantitative estimate of drug-likeness (QED) is 0.502. The highest BCUT2D eigenvalue weighted by Gasteiger charge is 2.42. The molecule has 6 rings (SSSR count). The number of likely N-dealkylation sites (tertiary alicyclic amines) is 1. The summed E-state index contributed by atoms with van der Waals surface area (Å²) in [5.41, 5.74) is 5.13. The number of hydrogen-bond acceptors (Lipinski definition) is 8. The van der Waals surface area contributed by atoms with Gasteiger partial charge in [-0.25, -0.2) is 0 Å². The molecule has 216 valence electrons. The molecule has 0 N–H and O–H groups in total. The van der Waals surface area contributed by atoms with Crippen molar-refractivity contribution in [3.63, 3.8) is 0 Å². The molecule has 4 aliphatic rings. The SMILES string of the molecule is C=CC(=O)N1CCN(c2nc(OCC3CCCN3C)nc3c2CCC2(Cc4ccccc4N(C)C2)C3)CC1CC#N. The van der Waals surface area contributed by atoms with Crippen LogP contribution in [-0.4, -0.2) is 91.2 Å². The average Bonchev–Trinajstić information content (AvgIpc) is 3.39. The van der Waals surface area contributed by atoms with Crippen molar-refractivity contribution in [2.24, 2.45) is 5.41 Å². The van der Waals surface area contributed by atoms with Crippen LogP contribution in [0.15, 0.2) is 36.9 Å². The van der Waals surface area contributed by atoms with E-state index in [-0.39, 0.29) is 23.8 Å². The maximum atomic E-state index is 12.5. The van der Waals surface area contributed by atoms with Gasteiger partial charge in [0.25, 0.3) is 0 Å². The Bertz CT molecular complexity index is 1360. The number of hydrogen-bond donors (Lipinski definition) is 0. The predicted octanol–water partition coefficient (Wildman–Crippen LogP) is 3.23. The number of piperazine rings is 1. The van der Waals surface area contributed by atoms with Crippen molar-refractivity contribution in [2.75, 3.05) is 63.2 Å². The largest absolute Gasteiger partial charge is 0.462 e. The molecule has 3 aliphatic heterocycles. The van der Waals surface area contributed by atoms with Crippen LogP contribution in [0.25, 0.3) is 0 Å². The van der Waals surface area contributed by atoms with Crippen molar-refractivity contribution in [1.82, 2.24) is 19.8 Å². The van der Waals surface area contributed by atoms with Crippen LogP contribution in [0.3, 0.4) is 0 Å². The van der Waals surface area contributed by atoms with Crippen LogP contribution in [0.4, 0.5) is 11.5 Å². The molecule has 3 atom stereocenters. The van der Waals surface area contributed by atoms with Crippen molar-refractivity contribution in [3.05, 3.63) is 53.7 Å². The number of rotatable bonds is 6. The number of fused-ring (bicyclic) bond motifs is 2. The number of carbonyl (C=O) groups excluding carboxylic acids is 1. The monoisotopic (exact) mass is 555 g/mol. The van der Waals surface area contributed by atoms with E-state index in [1.54, 1.807) is 4.90 Å². The van der Waals surface area contributed by atoms with Crippen LogP contribution >= 0.6 is 0 Å². The molecule has 1 spiro atoms. The van der Waals surface area contributed by atoms with Gasteiger partial charge in [-0.1, -0.05) is 24.8 Å². The Morgan fingerprint density at radius 2 is 2.05 bits per heavy atom. The first kappa shape index (κ1) is 27.5. The summed E-state index contributed by atoms with van der Waals surface area (Å²) >= 11 is 0. The summed E-state index contributed by atoms with van der Waals surface area (Å²) in [7, 11) is 4.35. The number of nitriles is 1. The fourth-order valence-corrected chi connectivity index (χ4v) is 7.52. The van der Waals surface area contributed by atoms with Gasteiger partial charge in [-0.3, -0.25) is 4.79 Å². The van der Waals surface area contributed by atoms with Crippen LogP contribution in [0, 0.1) is 16.7 Å². The summed E-state index contributed by atoms with van der Waals surface area (Å²) in [6, 6.07) is 11.6. The van der Waals surface area contributed by atoms with Gasteiger partial charge in [0.15, 0.2) is 0 Å². The fourth-order valence-electron chi connectivity index (χ4n) is 7.52. The summed E-state index contributed by atoms with van der Waals surface area (Å²) < 4.78 is 6.33. The maximum absolute atomic E-state index is 12.5. The molecule has 2 aromatic rings. The van der Waals surface area contributed by atoms with E-state index in [4.69, 9.17) is 14.7 Å². The first-order chi connectivity index (χ1) is 19.9. The normalized spacial score (nSPS) is 25.9. The van der Waals surface area contributed by atoms with Gasteiger partial charge in [0.05, 0.1) is 24.2 Å².